The summed E-state index contributed by atoms with van der Waals surface area (Å²) in [6, 6.07) is 21.6. The number of Topliss-reactive ketones (excluding diaryl/α,β-unsaturated/α-hetero) is 1. The third-order valence-electron chi connectivity index (χ3n) is 6.28. The highest BCUT2D eigenvalue weighted by Crippen LogP contribution is 2.27. The molecule has 1 atom stereocenters. The van der Waals surface area contributed by atoms with E-state index in [1.165, 1.54) is 12.1 Å². The first-order valence-corrected chi connectivity index (χ1v) is 12.4. The molecule has 37 heavy (non-hydrogen) atoms. The number of nitro benzene ring substituents is 1. The Morgan fingerprint density at radius 2 is 1.65 bits per heavy atom. The number of fused-ring (bicyclic) bond motifs is 1. The van der Waals surface area contributed by atoms with Crippen LogP contribution in [0.4, 0.5) is 5.69 Å². The molecular weight excluding hydrogens is 470 g/mol. The predicted octanol–water partition coefficient (Wildman–Crippen LogP) is 6.42. The van der Waals surface area contributed by atoms with Crippen molar-refractivity contribution in [1.82, 2.24) is 10.0 Å². The van der Waals surface area contributed by atoms with Crippen LogP contribution >= 0.6 is 0 Å². The molecule has 4 aromatic rings. The first kappa shape index (κ1) is 25.8. The summed E-state index contributed by atoms with van der Waals surface area (Å²) in [5.41, 5.74) is 5.11. The van der Waals surface area contributed by atoms with Gasteiger partial charge in [-0.1, -0.05) is 69.0 Å². The summed E-state index contributed by atoms with van der Waals surface area (Å²) in [6.07, 6.45) is 6.16. The zero-order valence-corrected chi connectivity index (χ0v) is 20.6. The van der Waals surface area contributed by atoms with Crippen molar-refractivity contribution in [2.24, 2.45) is 0 Å². The lowest BCUT2D eigenvalue weighted by Gasteiger charge is -2.17. The van der Waals surface area contributed by atoms with Gasteiger partial charge in [-0.2, -0.15) is 0 Å². The Morgan fingerprint density at radius 3 is 2.35 bits per heavy atom. The van der Waals surface area contributed by atoms with Crippen molar-refractivity contribution in [3.05, 3.63) is 106 Å². The number of aromatic nitrogens is 1. The number of para-hydroxylation sites is 1. The quantitative estimate of drug-likeness (QED) is 0.104. The Morgan fingerprint density at radius 1 is 0.946 bits per heavy atom. The maximum Gasteiger partial charge on any atom is 0.356 e. The van der Waals surface area contributed by atoms with Gasteiger partial charge in [-0.25, -0.2) is 4.79 Å². The minimum atomic E-state index is -0.722. The topological polar surface area (TPSA) is 103 Å². The number of hydrogen-bond acceptors (Lipinski definition) is 6. The summed E-state index contributed by atoms with van der Waals surface area (Å²) in [5, 5.41) is 11.8. The molecule has 4 rings (SSSR count). The molecule has 0 bridgehead atoms. The van der Waals surface area contributed by atoms with E-state index in [1.807, 2.05) is 34.9 Å². The Hall–Kier alpha value is -4.30. The molecule has 1 heterocycles. The molecule has 0 amide bonds. The fourth-order valence-corrected chi connectivity index (χ4v) is 4.29. The van der Waals surface area contributed by atoms with Gasteiger partial charge in [0.25, 0.3) is 5.69 Å². The number of nitro groups is 1. The van der Waals surface area contributed by atoms with E-state index < -0.39 is 16.9 Å². The number of unbranched alkanes of at least 4 members (excludes halogenated alkanes) is 3. The lowest BCUT2D eigenvalue weighted by atomic mass is 9.99. The van der Waals surface area contributed by atoms with E-state index in [1.54, 1.807) is 42.6 Å². The summed E-state index contributed by atoms with van der Waals surface area (Å²) in [6.45, 7) is 2.12. The Bertz CT molecular complexity index is 1380. The molecule has 0 aliphatic carbocycles. The number of nitrogens with zero attached hydrogens (tertiary/aromatic N) is 2. The van der Waals surface area contributed by atoms with Crippen molar-refractivity contribution in [3.8, 4) is 5.69 Å². The maximum absolute atomic E-state index is 13.8. The van der Waals surface area contributed by atoms with Crippen LogP contribution in [0, 0.1) is 10.1 Å². The van der Waals surface area contributed by atoms with E-state index in [0.717, 1.165) is 36.6 Å². The van der Waals surface area contributed by atoms with E-state index in [-0.39, 0.29) is 11.5 Å². The largest absolute Gasteiger partial charge is 0.366 e. The SMILES string of the molecule is CCCCCCC(NOC(=O)c1ccccc1)C(=O)c1cn(-c2ccc([N+](=O)[O-])cc2)c2ccccc12. The molecule has 0 aliphatic rings. The number of nitrogens with one attached hydrogen (secondary N) is 1. The van der Waals surface area contributed by atoms with Gasteiger partial charge in [0.1, 0.15) is 6.04 Å². The lowest BCUT2D eigenvalue weighted by Crippen LogP contribution is -2.38. The zero-order valence-electron chi connectivity index (χ0n) is 20.6. The zero-order chi connectivity index (χ0) is 26.2. The first-order chi connectivity index (χ1) is 18.0. The molecular formula is C29H29N3O5. The average Bonchev–Trinajstić information content (AvgIpc) is 3.32. The second-order valence-electron chi connectivity index (χ2n) is 8.84. The molecule has 0 fully saturated rings. The standard InChI is InChI=1S/C29H29N3O5/c1-2-3-4-8-14-26(30-37-29(34)21-11-6-5-7-12-21)28(33)25-20-31(27-15-10-9-13-24(25)27)22-16-18-23(19-17-22)32(35)36/h5-7,9-13,15-20,26,30H,2-4,8,14H2,1H3. The number of ketones is 1. The summed E-state index contributed by atoms with van der Waals surface area (Å²) in [7, 11) is 0. The van der Waals surface area contributed by atoms with Crippen molar-refractivity contribution in [2.45, 2.75) is 45.1 Å². The third-order valence-corrected chi connectivity index (χ3v) is 6.28. The van der Waals surface area contributed by atoms with Gasteiger partial charge >= 0.3 is 5.97 Å². The number of rotatable bonds is 12. The number of hydroxylamine groups is 1. The number of benzene rings is 3. The summed E-state index contributed by atoms with van der Waals surface area (Å²) < 4.78 is 1.84. The first-order valence-electron chi connectivity index (χ1n) is 12.4. The van der Waals surface area contributed by atoms with Crippen LogP contribution in [0.15, 0.2) is 85.1 Å². The van der Waals surface area contributed by atoms with Crippen LogP contribution in [0.3, 0.4) is 0 Å². The summed E-state index contributed by atoms with van der Waals surface area (Å²) in [4.78, 5) is 42.3. The number of hydrogen-bond donors (Lipinski definition) is 1. The van der Waals surface area contributed by atoms with E-state index in [9.17, 15) is 19.7 Å². The second kappa shape index (κ2) is 12.1. The Labute approximate surface area is 215 Å². The van der Waals surface area contributed by atoms with Gasteiger partial charge in [0.2, 0.25) is 0 Å². The van der Waals surface area contributed by atoms with Crippen molar-refractivity contribution >= 4 is 28.3 Å². The molecule has 0 saturated carbocycles. The van der Waals surface area contributed by atoms with Crippen LogP contribution in [0.1, 0.15) is 59.7 Å². The van der Waals surface area contributed by atoms with Gasteiger partial charge in [0.15, 0.2) is 5.78 Å². The van der Waals surface area contributed by atoms with Crippen LogP contribution in [-0.4, -0.2) is 27.3 Å². The van der Waals surface area contributed by atoms with Crippen molar-refractivity contribution in [2.75, 3.05) is 0 Å². The molecule has 190 valence electrons. The number of carbonyl (C=O) groups is 2. The molecule has 1 aromatic heterocycles. The molecule has 1 N–H and O–H groups in total. The molecule has 0 saturated heterocycles. The minimum Gasteiger partial charge on any atom is -0.366 e. The highest BCUT2D eigenvalue weighted by molar-refractivity contribution is 6.11. The number of carbonyl (C=O) groups excluding carboxylic acids is 2. The molecule has 3 aromatic carbocycles. The van der Waals surface area contributed by atoms with Crippen LogP contribution < -0.4 is 5.48 Å². The van der Waals surface area contributed by atoms with E-state index in [4.69, 9.17) is 4.84 Å². The third kappa shape index (κ3) is 6.10. The molecule has 0 radical (unpaired) electrons. The van der Waals surface area contributed by atoms with Gasteiger partial charge < -0.3 is 9.40 Å². The lowest BCUT2D eigenvalue weighted by molar-refractivity contribution is -0.384. The van der Waals surface area contributed by atoms with Crippen LogP contribution in [-0.2, 0) is 4.84 Å². The highest BCUT2D eigenvalue weighted by Gasteiger charge is 2.25. The minimum absolute atomic E-state index is 0.00640. The molecule has 8 heteroatoms. The van der Waals surface area contributed by atoms with Crippen molar-refractivity contribution in [1.29, 1.82) is 0 Å². The normalized spacial score (nSPS) is 11.8. The van der Waals surface area contributed by atoms with Crippen molar-refractivity contribution < 1.29 is 19.3 Å². The van der Waals surface area contributed by atoms with Gasteiger partial charge in [-0.15, -0.1) is 5.48 Å². The Balaban J connectivity index is 1.63. The summed E-state index contributed by atoms with van der Waals surface area (Å²) >= 11 is 0. The van der Waals surface area contributed by atoms with Gasteiger partial charge in [0, 0.05) is 35.0 Å². The molecule has 0 spiro atoms. The summed E-state index contributed by atoms with van der Waals surface area (Å²) in [5.74, 6) is -0.741. The fourth-order valence-electron chi connectivity index (χ4n) is 4.29. The van der Waals surface area contributed by atoms with E-state index in [2.05, 4.69) is 12.4 Å². The van der Waals surface area contributed by atoms with Crippen LogP contribution in [0.5, 0.6) is 0 Å². The second-order valence-corrected chi connectivity index (χ2v) is 8.84. The fraction of sp³-hybridized carbons (Fsp3) is 0.241. The van der Waals surface area contributed by atoms with Crippen LogP contribution in [0.25, 0.3) is 16.6 Å². The van der Waals surface area contributed by atoms with E-state index >= 15 is 0 Å². The van der Waals surface area contributed by atoms with E-state index in [0.29, 0.717) is 23.2 Å². The molecule has 0 aliphatic heterocycles. The highest BCUT2D eigenvalue weighted by atomic mass is 16.7. The molecule has 8 nitrogen and oxygen atoms in total. The Kier molecular flexibility index (Phi) is 8.43. The van der Waals surface area contributed by atoms with Gasteiger partial charge in [0.05, 0.1) is 16.0 Å². The molecule has 1 unspecified atom stereocenters. The van der Waals surface area contributed by atoms with Crippen LogP contribution in [0.2, 0.25) is 0 Å². The number of non-ortho nitro benzene ring substituents is 1. The van der Waals surface area contributed by atoms with Gasteiger partial charge in [-0.3, -0.25) is 14.9 Å². The monoisotopic (exact) mass is 499 g/mol. The predicted molar refractivity (Wildman–Crippen MR) is 142 cm³/mol. The average molecular weight is 500 g/mol. The smallest absolute Gasteiger partial charge is 0.356 e. The van der Waals surface area contributed by atoms with Crippen molar-refractivity contribution in [3.63, 3.8) is 0 Å². The maximum atomic E-state index is 13.8. The van der Waals surface area contributed by atoms with Gasteiger partial charge in [-0.05, 0) is 36.8 Å².